The first kappa shape index (κ1) is 13.9. The number of likely N-dealkylation sites (N-methyl/N-ethyl adjacent to an activating group) is 1. The van der Waals surface area contributed by atoms with Gasteiger partial charge in [-0.25, -0.2) is 4.39 Å². The van der Waals surface area contributed by atoms with Crippen molar-refractivity contribution in [1.82, 2.24) is 9.88 Å². The maximum atomic E-state index is 12.9. The molecule has 4 nitrogen and oxygen atoms in total. The summed E-state index contributed by atoms with van der Waals surface area (Å²) in [5.74, 6) is -0.0610. The number of pyridine rings is 1. The van der Waals surface area contributed by atoms with Crippen LogP contribution in [0.4, 0.5) is 4.39 Å². The first-order valence-electron chi connectivity index (χ1n) is 6.57. The van der Waals surface area contributed by atoms with E-state index >= 15 is 0 Å². The van der Waals surface area contributed by atoms with Crippen LogP contribution in [0, 0.1) is 11.7 Å². The summed E-state index contributed by atoms with van der Waals surface area (Å²) in [6.07, 6.45) is 5.17. The molecule has 1 heterocycles. The molecule has 1 aromatic heterocycles. The summed E-state index contributed by atoms with van der Waals surface area (Å²) >= 11 is 0. The third-order valence-electron chi connectivity index (χ3n) is 3.44. The summed E-state index contributed by atoms with van der Waals surface area (Å²) in [5, 5.41) is 9.78. The first-order valence-corrected chi connectivity index (χ1v) is 6.57. The van der Waals surface area contributed by atoms with Crippen LogP contribution in [0.2, 0.25) is 0 Å². The van der Waals surface area contributed by atoms with Crippen LogP contribution in [0.5, 0.6) is 0 Å². The number of hydrogen-bond acceptors (Lipinski definition) is 3. The third-order valence-corrected chi connectivity index (χ3v) is 3.44. The molecule has 104 valence electrons. The first-order chi connectivity index (χ1) is 9.06. The van der Waals surface area contributed by atoms with Crippen LogP contribution in [0.3, 0.4) is 0 Å². The van der Waals surface area contributed by atoms with Gasteiger partial charge in [-0.05, 0) is 36.8 Å². The van der Waals surface area contributed by atoms with Crippen molar-refractivity contribution in [2.45, 2.75) is 31.8 Å². The molecule has 1 amide bonds. The fourth-order valence-corrected chi connectivity index (χ4v) is 2.05. The van der Waals surface area contributed by atoms with Crippen LogP contribution in [0.25, 0.3) is 0 Å². The molecule has 0 spiro atoms. The lowest BCUT2D eigenvalue weighted by Gasteiger charge is -2.20. The lowest BCUT2D eigenvalue weighted by Crippen LogP contribution is -2.35. The van der Waals surface area contributed by atoms with Gasteiger partial charge in [0.25, 0.3) is 0 Å². The van der Waals surface area contributed by atoms with Gasteiger partial charge in [0.05, 0.1) is 12.3 Å². The summed E-state index contributed by atoms with van der Waals surface area (Å²) in [6.45, 7) is 0.380. The van der Waals surface area contributed by atoms with Crippen LogP contribution in [-0.4, -0.2) is 40.6 Å². The van der Waals surface area contributed by atoms with E-state index in [9.17, 15) is 14.3 Å². The zero-order chi connectivity index (χ0) is 13.8. The Kier molecular flexibility index (Phi) is 4.47. The second-order valence-corrected chi connectivity index (χ2v) is 5.19. The number of nitrogens with zero attached hydrogens (tertiary/aromatic N) is 2. The molecule has 0 radical (unpaired) electrons. The fourth-order valence-electron chi connectivity index (χ4n) is 2.05. The third kappa shape index (κ3) is 4.28. The summed E-state index contributed by atoms with van der Waals surface area (Å²) in [5.41, 5.74) is 0.712. The lowest BCUT2D eigenvalue weighted by atomic mass is 10.1. The van der Waals surface area contributed by atoms with Gasteiger partial charge in [0.2, 0.25) is 5.91 Å². The number of aliphatic hydroxyl groups excluding tert-OH is 1. The molecule has 0 bridgehead atoms. The van der Waals surface area contributed by atoms with E-state index < -0.39 is 6.10 Å². The molecule has 1 aromatic rings. The van der Waals surface area contributed by atoms with Crippen molar-refractivity contribution in [1.29, 1.82) is 0 Å². The number of halogens is 1. The zero-order valence-electron chi connectivity index (χ0n) is 11.1. The average molecular weight is 266 g/mol. The predicted molar refractivity (Wildman–Crippen MR) is 68.9 cm³/mol. The van der Waals surface area contributed by atoms with Crippen LogP contribution in [0.1, 0.15) is 24.8 Å². The largest absolute Gasteiger partial charge is 0.391 e. The van der Waals surface area contributed by atoms with Gasteiger partial charge in [0, 0.05) is 26.2 Å². The molecule has 0 aromatic carbocycles. The summed E-state index contributed by atoms with van der Waals surface area (Å²) < 4.78 is 12.9. The Balaban J connectivity index is 1.76. The second kappa shape index (κ2) is 6.10. The van der Waals surface area contributed by atoms with E-state index in [-0.39, 0.29) is 11.7 Å². The molecule has 0 aliphatic heterocycles. The second-order valence-electron chi connectivity index (χ2n) is 5.19. The molecule has 5 heteroatoms. The monoisotopic (exact) mass is 266 g/mol. The highest BCUT2D eigenvalue weighted by Gasteiger charge is 2.30. The number of aliphatic hydroxyl groups is 1. The maximum absolute atomic E-state index is 12.9. The summed E-state index contributed by atoms with van der Waals surface area (Å²) in [6, 6.07) is 1.39. The van der Waals surface area contributed by atoms with Crippen LogP contribution < -0.4 is 0 Å². The predicted octanol–water partition coefficient (Wildman–Crippen LogP) is 1.38. The van der Waals surface area contributed by atoms with Crippen LogP contribution in [0.15, 0.2) is 18.5 Å². The number of aromatic nitrogens is 1. The number of rotatable bonds is 6. The van der Waals surface area contributed by atoms with Gasteiger partial charge in [-0.2, -0.15) is 0 Å². The number of amides is 1. The van der Waals surface area contributed by atoms with E-state index in [0.29, 0.717) is 30.9 Å². The van der Waals surface area contributed by atoms with E-state index in [1.165, 1.54) is 6.07 Å². The van der Waals surface area contributed by atoms with Crippen LogP contribution in [-0.2, 0) is 11.2 Å². The van der Waals surface area contributed by atoms with Gasteiger partial charge >= 0.3 is 0 Å². The lowest BCUT2D eigenvalue weighted by molar-refractivity contribution is -0.131. The van der Waals surface area contributed by atoms with E-state index in [0.717, 1.165) is 19.0 Å². The molecule has 1 aliphatic carbocycles. The average Bonchev–Trinajstić information content (AvgIpc) is 3.20. The van der Waals surface area contributed by atoms with Crippen molar-refractivity contribution in [3.8, 4) is 0 Å². The smallest absolute Gasteiger partial charge is 0.222 e. The van der Waals surface area contributed by atoms with Gasteiger partial charge in [0.15, 0.2) is 0 Å². The molecular formula is C14H19FN2O2. The Morgan fingerprint density at radius 3 is 2.95 bits per heavy atom. The standard InChI is InChI=1S/C14H19FN2O2/c1-17(9-13(18)11-3-4-11)14(19)5-2-10-6-12(15)8-16-7-10/h6-8,11,13,18H,2-5,9H2,1H3. The topological polar surface area (TPSA) is 53.4 Å². The van der Waals surface area contributed by atoms with Gasteiger partial charge in [-0.15, -0.1) is 0 Å². The molecule has 1 unspecified atom stereocenters. The molecule has 1 aliphatic rings. The van der Waals surface area contributed by atoms with Gasteiger partial charge in [0.1, 0.15) is 5.82 Å². The molecule has 1 atom stereocenters. The summed E-state index contributed by atoms with van der Waals surface area (Å²) in [4.78, 5) is 17.2. The highest BCUT2D eigenvalue weighted by atomic mass is 19.1. The van der Waals surface area contributed by atoms with Crippen molar-refractivity contribution in [2.75, 3.05) is 13.6 Å². The Hall–Kier alpha value is -1.49. The molecular weight excluding hydrogens is 247 g/mol. The van der Waals surface area contributed by atoms with Crippen LogP contribution >= 0.6 is 0 Å². The quantitative estimate of drug-likeness (QED) is 0.846. The van der Waals surface area contributed by atoms with Crippen molar-refractivity contribution in [2.24, 2.45) is 5.92 Å². The Morgan fingerprint density at radius 2 is 2.32 bits per heavy atom. The van der Waals surface area contributed by atoms with E-state index in [1.54, 1.807) is 18.1 Å². The highest BCUT2D eigenvalue weighted by molar-refractivity contribution is 5.76. The SMILES string of the molecule is CN(CC(O)C1CC1)C(=O)CCc1cncc(F)c1. The zero-order valence-corrected chi connectivity index (χ0v) is 11.1. The Bertz CT molecular complexity index is 449. The minimum Gasteiger partial charge on any atom is -0.391 e. The van der Waals surface area contributed by atoms with E-state index in [4.69, 9.17) is 0 Å². The van der Waals surface area contributed by atoms with Crippen molar-refractivity contribution >= 4 is 5.91 Å². The van der Waals surface area contributed by atoms with Gasteiger partial charge in [-0.3, -0.25) is 9.78 Å². The summed E-state index contributed by atoms with van der Waals surface area (Å²) in [7, 11) is 1.69. The Labute approximate surface area is 112 Å². The van der Waals surface area contributed by atoms with Crippen molar-refractivity contribution < 1.29 is 14.3 Å². The number of carbonyl (C=O) groups excluding carboxylic acids is 1. The van der Waals surface area contributed by atoms with Gasteiger partial charge in [-0.1, -0.05) is 0 Å². The van der Waals surface area contributed by atoms with E-state index in [1.807, 2.05) is 0 Å². The fraction of sp³-hybridized carbons (Fsp3) is 0.571. The molecule has 1 N–H and O–H groups in total. The molecule has 19 heavy (non-hydrogen) atoms. The normalized spacial score (nSPS) is 16.2. The Morgan fingerprint density at radius 1 is 1.58 bits per heavy atom. The van der Waals surface area contributed by atoms with Crippen molar-refractivity contribution in [3.05, 3.63) is 29.8 Å². The number of aryl methyl sites for hydroxylation is 1. The number of carbonyl (C=O) groups is 1. The molecule has 2 rings (SSSR count). The van der Waals surface area contributed by atoms with Gasteiger partial charge < -0.3 is 10.0 Å². The minimum absolute atomic E-state index is 0.0380. The van der Waals surface area contributed by atoms with E-state index in [2.05, 4.69) is 4.98 Å². The van der Waals surface area contributed by atoms with Crippen molar-refractivity contribution in [3.63, 3.8) is 0 Å². The number of hydrogen-bond donors (Lipinski definition) is 1. The minimum atomic E-state index is -0.412. The molecule has 0 saturated heterocycles. The maximum Gasteiger partial charge on any atom is 0.222 e. The molecule has 1 saturated carbocycles. The highest BCUT2D eigenvalue weighted by Crippen LogP contribution is 2.32. The molecule has 1 fully saturated rings.